The maximum Gasteiger partial charge on any atom is 0.0701 e. The fourth-order valence-electron chi connectivity index (χ4n) is 1.55. The molecule has 0 amide bonds. The first-order valence-corrected chi connectivity index (χ1v) is 7.57. The minimum atomic E-state index is 0.394. The molecule has 0 atom stereocenters. The maximum atomic E-state index is 5.50. The van der Waals surface area contributed by atoms with E-state index in [1.165, 1.54) is 6.42 Å². The Bertz CT molecular complexity index is 195. The van der Waals surface area contributed by atoms with Crippen LogP contribution in [0.4, 0.5) is 0 Å². The fraction of sp³-hybridized carbons (Fsp3) is 1.00. The Morgan fingerprint density at radius 2 is 1.05 bits per heavy atom. The van der Waals surface area contributed by atoms with Crippen molar-refractivity contribution >= 4 is 0 Å². The molecule has 122 valence electrons. The molecule has 0 heterocycles. The second-order valence-corrected chi connectivity index (χ2v) is 5.90. The van der Waals surface area contributed by atoms with Crippen molar-refractivity contribution in [3.05, 3.63) is 0 Å². The van der Waals surface area contributed by atoms with E-state index in [4.69, 9.17) is 24.7 Å². The smallest absolute Gasteiger partial charge is 0.0701 e. The fourth-order valence-corrected chi connectivity index (χ4v) is 1.55. The van der Waals surface area contributed by atoms with Crippen LogP contribution in [-0.4, -0.2) is 59.4 Å². The average Bonchev–Trinajstić information content (AvgIpc) is 2.38. The minimum absolute atomic E-state index is 0.394. The summed E-state index contributed by atoms with van der Waals surface area (Å²) in [6, 6.07) is 0. The second-order valence-electron chi connectivity index (χ2n) is 5.90. The minimum Gasteiger partial charge on any atom is -0.379 e. The van der Waals surface area contributed by atoms with Crippen LogP contribution in [0.1, 0.15) is 33.6 Å². The van der Waals surface area contributed by atoms with Gasteiger partial charge in [-0.05, 0) is 18.3 Å². The lowest BCUT2D eigenvalue weighted by Gasteiger charge is -2.17. The van der Waals surface area contributed by atoms with E-state index in [9.17, 15) is 0 Å². The molecule has 5 heteroatoms. The average molecular weight is 291 g/mol. The van der Waals surface area contributed by atoms with E-state index in [2.05, 4.69) is 20.8 Å². The second kappa shape index (κ2) is 13.8. The molecule has 0 unspecified atom stereocenters. The van der Waals surface area contributed by atoms with Crippen LogP contribution in [0.25, 0.3) is 0 Å². The van der Waals surface area contributed by atoms with Gasteiger partial charge in [-0.1, -0.05) is 20.8 Å². The Balaban J connectivity index is 2.99. The van der Waals surface area contributed by atoms with E-state index in [-0.39, 0.29) is 0 Å². The van der Waals surface area contributed by atoms with Crippen molar-refractivity contribution in [2.75, 3.05) is 59.4 Å². The standard InChI is InChI=1S/C15H33NO4/c1-15(2,3)5-4-7-17-9-11-19-13-14-20-12-10-18-8-6-16/h4-14,16H2,1-3H3. The molecule has 0 aliphatic heterocycles. The number of rotatable bonds is 14. The Hall–Kier alpha value is -0.200. The molecule has 0 aliphatic rings. The third-order valence-electron chi connectivity index (χ3n) is 2.59. The number of nitrogens with two attached hydrogens (primary N) is 1. The van der Waals surface area contributed by atoms with Gasteiger partial charge in [0, 0.05) is 13.2 Å². The summed E-state index contributed by atoms with van der Waals surface area (Å²) in [4.78, 5) is 0. The predicted molar refractivity (Wildman–Crippen MR) is 81.0 cm³/mol. The first-order valence-electron chi connectivity index (χ1n) is 7.57. The Labute approximate surface area is 124 Å². The summed E-state index contributed by atoms with van der Waals surface area (Å²) >= 11 is 0. The molecule has 2 N–H and O–H groups in total. The lowest BCUT2D eigenvalue weighted by molar-refractivity contribution is -0.00182. The van der Waals surface area contributed by atoms with Gasteiger partial charge in [0.25, 0.3) is 0 Å². The molecule has 0 bridgehead atoms. The highest BCUT2D eigenvalue weighted by atomic mass is 16.6. The maximum absolute atomic E-state index is 5.50. The zero-order chi connectivity index (χ0) is 15.1. The van der Waals surface area contributed by atoms with Gasteiger partial charge in [-0.15, -0.1) is 0 Å². The van der Waals surface area contributed by atoms with Crippen LogP contribution < -0.4 is 5.73 Å². The summed E-state index contributed by atoms with van der Waals surface area (Å²) in [5, 5.41) is 0. The van der Waals surface area contributed by atoms with Gasteiger partial charge < -0.3 is 24.7 Å². The van der Waals surface area contributed by atoms with Crippen molar-refractivity contribution in [1.82, 2.24) is 0 Å². The number of hydrogen-bond donors (Lipinski definition) is 1. The monoisotopic (exact) mass is 291 g/mol. The van der Waals surface area contributed by atoms with E-state index in [1.807, 2.05) is 0 Å². The topological polar surface area (TPSA) is 62.9 Å². The molecule has 0 saturated carbocycles. The summed E-state index contributed by atoms with van der Waals surface area (Å²) < 4.78 is 21.4. The zero-order valence-corrected chi connectivity index (χ0v) is 13.5. The van der Waals surface area contributed by atoms with Crippen LogP contribution in [0.3, 0.4) is 0 Å². The van der Waals surface area contributed by atoms with Crippen LogP contribution in [0.2, 0.25) is 0 Å². The molecule has 0 spiro atoms. The molecule has 20 heavy (non-hydrogen) atoms. The highest BCUT2D eigenvalue weighted by Gasteiger charge is 2.08. The third-order valence-corrected chi connectivity index (χ3v) is 2.59. The molecule has 0 aromatic carbocycles. The van der Waals surface area contributed by atoms with E-state index < -0.39 is 0 Å². The van der Waals surface area contributed by atoms with Crippen molar-refractivity contribution in [3.8, 4) is 0 Å². The SMILES string of the molecule is CC(C)(C)CCCOCCOCCOCCOCCN. The van der Waals surface area contributed by atoms with Gasteiger partial charge in [0.05, 0.1) is 46.2 Å². The van der Waals surface area contributed by atoms with Crippen molar-refractivity contribution in [2.24, 2.45) is 11.1 Å². The number of ether oxygens (including phenoxy) is 4. The van der Waals surface area contributed by atoms with Gasteiger partial charge >= 0.3 is 0 Å². The van der Waals surface area contributed by atoms with Gasteiger partial charge in [0.15, 0.2) is 0 Å². The van der Waals surface area contributed by atoms with Crippen molar-refractivity contribution < 1.29 is 18.9 Å². The van der Waals surface area contributed by atoms with E-state index in [0.29, 0.717) is 58.2 Å². The summed E-state index contributed by atoms with van der Waals surface area (Å²) in [6.45, 7) is 12.4. The van der Waals surface area contributed by atoms with Crippen molar-refractivity contribution in [3.63, 3.8) is 0 Å². The van der Waals surface area contributed by atoms with Crippen LogP contribution in [0.15, 0.2) is 0 Å². The first-order chi connectivity index (χ1) is 9.56. The Kier molecular flexibility index (Phi) is 13.6. The summed E-state index contributed by atoms with van der Waals surface area (Å²) in [5.74, 6) is 0. The van der Waals surface area contributed by atoms with Gasteiger partial charge in [0.1, 0.15) is 0 Å². The number of hydrogen-bond acceptors (Lipinski definition) is 5. The lowest BCUT2D eigenvalue weighted by atomic mass is 9.91. The molecule has 0 fully saturated rings. The summed E-state index contributed by atoms with van der Waals surface area (Å²) in [6.07, 6.45) is 2.29. The van der Waals surface area contributed by atoms with Crippen molar-refractivity contribution in [2.45, 2.75) is 33.6 Å². The molecule has 0 radical (unpaired) electrons. The predicted octanol–water partition coefficient (Wildman–Crippen LogP) is 1.84. The van der Waals surface area contributed by atoms with Gasteiger partial charge in [0.2, 0.25) is 0 Å². The quantitative estimate of drug-likeness (QED) is 0.495. The zero-order valence-electron chi connectivity index (χ0n) is 13.5. The largest absolute Gasteiger partial charge is 0.379 e. The van der Waals surface area contributed by atoms with Gasteiger partial charge in [-0.2, -0.15) is 0 Å². The van der Waals surface area contributed by atoms with Crippen molar-refractivity contribution in [1.29, 1.82) is 0 Å². The molecule has 0 rings (SSSR count). The van der Waals surface area contributed by atoms with Gasteiger partial charge in [-0.3, -0.25) is 0 Å². The molecule has 0 saturated heterocycles. The molecular weight excluding hydrogens is 258 g/mol. The van der Waals surface area contributed by atoms with E-state index in [1.54, 1.807) is 0 Å². The first kappa shape index (κ1) is 19.8. The van der Waals surface area contributed by atoms with E-state index >= 15 is 0 Å². The molecular formula is C15H33NO4. The third kappa shape index (κ3) is 17.8. The molecule has 5 nitrogen and oxygen atoms in total. The van der Waals surface area contributed by atoms with Crippen LogP contribution in [0, 0.1) is 5.41 Å². The normalized spacial score (nSPS) is 12.0. The van der Waals surface area contributed by atoms with Gasteiger partial charge in [-0.25, -0.2) is 0 Å². The molecule has 0 aromatic heterocycles. The Morgan fingerprint density at radius 1 is 0.650 bits per heavy atom. The molecule has 0 aromatic rings. The highest BCUT2D eigenvalue weighted by Crippen LogP contribution is 2.20. The van der Waals surface area contributed by atoms with E-state index in [0.717, 1.165) is 13.0 Å². The summed E-state index contributed by atoms with van der Waals surface area (Å²) in [5.41, 5.74) is 5.69. The Morgan fingerprint density at radius 3 is 1.45 bits per heavy atom. The molecule has 0 aliphatic carbocycles. The van der Waals surface area contributed by atoms with Crippen LogP contribution in [-0.2, 0) is 18.9 Å². The van der Waals surface area contributed by atoms with Crippen LogP contribution in [0.5, 0.6) is 0 Å². The summed E-state index contributed by atoms with van der Waals surface area (Å²) in [7, 11) is 0. The van der Waals surface area contributed by atoms with Crippen LogP contribution >= 0.6 is 0 Å². The highest BCUT2D eigenvalue weighted by molar-refractivity contribution is 4.60. The lowest BCUT2D eigenvalue weighted by Crippen LogP contribution is -2.14.